The molecule has 0 aliphatic carbocycles. The van der Waals surface area contributed by atoms with E-state index in [1.54, 1.807) is 6.92 Å². The predicted molar refractivity (Wildman–Crippen MR) is 141 cm³/mol. The molecular formula is C25H22ClF9N2O2S2. The van der Waals surface area contributed by atoms with E-state index >= 15 is 0 Å². The molecule has 16 heteroatoms. The fourth-order valence-electron chi connectivity index (χ4n) is 4.00. The number of amides is 1. The lowest BCUT2D eigenvalue weighted by Gasteiger charge is -2.30. The molecule has 2 aromatic rings. The summed E-state index contributed by atoms with van der Waals surface area (Å²) in [7, 11) is 0. The average Bonchev–Trinajstić information content (AvgIpc) is 3.31. The second kappa shape index (κ2) is 11.8. The first-order valence-corrected chi connectivity index (χ1v) is 14.1. The van der Waals surface area contributed by atoms with Gasteiger partial charge >= 0.3 is 18.5 Å². The number of anilines is 1. The molecule has 0 spiro atoms. The van der Waals surface area contributed by atoms with Crippen LogP contribution in [0.1, 0.15) is 49.4 Å². The maximum Gasteiger partial charge on any atom is 0.435 e. The lowest BCUT2D eigenvalue weighted by molar-refractivity contribution is -0.276. The van der Waals surface area contributed by atoms with Crippen LogP contribution in [0.3, 0.4) is 0 Å². The zero-order chi connectivity index (χ0) is 31.0. The molecule has 0 saturated carbocycles. The number of oxime groups is 1. The third-order valence-corrected chi connectivity index (χ3v) is 9.11. The largest absolute Gasteiger partial charge is 0.435 e. The van der Waals surface area contributed by atoms with Gasteiger partial charge in [-0.25, -0.2) is 0 Å². The van der Waals surface area contributed by atoms with E-state index in [-0.39, 0.29) is 40.4 Å². The minimum Gasteiger partial charge on any atom is -0.374 e. The molecular weight excluding hydrogens is 631 g/mol. The molecule has 0 fully saturated rings. The number of alkyl halides is 9. The molecule has 1 atom stereocenters. The third kappa shape index (κ3) is 7.04. The molecule has 1 aliphatic rings. The van der Waals surface area contributed by atoms with E-state index in [9.17, 15) is 44.3 Å². The highest BCUT2D eigenvalue weighted by atomic mass is 35.5. The molecule has 1 heterocycles. The number of nitrogens with zero attached hydrogens (tertiary/aromatic N) is 1. The summed E-state index contributed by atoms with van der Waals surface area (Å²) in [4.78, 5) is 17.6. The number of carbonyl (C=O) groups is 1. The monoisotopic (exact) mass is 652 g/mol. The van der Waals surface area contributed by atoms with Gasteiger partial charge in [0.25, 0.3) is 11.5 Å². The van der Waals surface area contributed by atoms with Crippen LogP contribution in [0, 0.1) is 0 Å². The van der Waals surface area contributed by atoms with Gasteiger partial charge in [-0.3, -0.25) is 4.79 Å². The Bertz CT molecular complexity index is 1290. The molecule has 0 saturated heterocycles. The topological polar surface area (TPSA) is 50.7 Å². The Morgan fingerprint density at radius 2 is 1.49 bits per heavy atom. The van der Waals surface area contributed by atoms with E-state index in [1.807, 2.05) is 13.8 Å². The van der Waals surface area contributed by atoms with Gasteiger partial charge in [0.1, 0.15) is 4.08 Å². The number of hydrogen-bond donors (Lipinski definition) is 1. The first-order chi connectivity index (χ1) is 18.8. The summed E-state index contributed by atoms with van der Waals surface area (Å²) in [5.74, 6) is 0.898. The molecule has 3 rings (SSSR count). The molecule has 41 heavy (non-hydrogen) atoms. The lowest BCUT2D eigenvalue weighted by atomic mass is 9.84. The summed E-state index contributed by atoms with van der Waals surface area (Å²) >= 11 is 9.06. The van der Waals surface area contributed by atoms with Gasteiger partial charge in [-0.1, -0.05) is 36.7 Å². The second-order valence-electron chi connectivity index (χ2n) is 8.89. The van der Waals surface area contributed by atoms with E-state index in [4.69, 9.17) is 11.6 Å². The van der Waals surface area contributed by atoms with Gasteiger partial charge in [0, 0.05) is 17.5 Å². The van der Waals surface area contributed by atoms with Crippen molar-refractivity contribution in [3.8, 4) is 0 Å². The molecule has 226 valence electrons. The highest BCUT2D eigenvalue weighted by molar-refractivity contribution is 8.19. The van der Waals surface area contributed by atoms with Crippen molar-refractivity contribution in [2.45, 2.75) is 55.4 Å². The molecule has 1 amide bonds. The van der Waals surface area contributed by atoms with Crippen LogP contribution in [-0.4, -0.2) is 33.4 Å². The predicted octanol–water partition coefficient (Wildman–Crippen LogP) is 9.12. The van der Waals surface area contributed by atoms with Gasteiger partial charge in [-0.15, -0.1) is 23.5 Å². The zero-order valence-electron chi connectivity index (χ0n) is 21.4. The van der Waals surface area contributed by atoms with Crippen LogP contribution in [-0.2, 0) is 27.6 Å². The zero-order valence-corrected chi connectivity index (χ0v) is 23.8. The van der Waals surface area contributed by atoms with Crippen LogP contribution >= 0.6 is 35.1 Å². The van der Waals surface area contributed by atoms with Crippen molar-refractivity contribution in [3.63, 3.8) is 0 Å². The number of carbonyl (C=O) groups excluding carboxylic acids is 1. The molecule has 1 aliphatic heterocycles. The van der Waals surface area contributed by atoms with Crippen LogP contribution in [0.25, 0.3) is 0 Å². The molecule has 1 unspecified atom stereocenters. The van der Waals surface area contributed by atoms with E-state index in [0.29, 0.717) is 11.5 Å². The molecule has 2 aromatic carbocycles. The number of thioether (sulfide) groups is 2. The Labute approximate surface area is 242 Å². The summed E-state index contributed by atoms with van der Waals surface area (Å²) in [6, 6.07) is 3.36. The SMILES string of the molecule is CCSC(C)(SCC)C(=O)Nc1ccc(C2=NOC(c3cc(C(F)(F)F)cc(C(F)(F)F)c3)(C(F)(F)F)C2)cc1Cl. The average molecular weight is 653 g/mol. The van der Waals surface area contributed by atoms with Crippen molar-refractivity contribution < 1.29 is 49.1 Å². The van der Waals surface area contributed by atoms with Crippen molar-refractivity contribution in [2.75, 3.05) is 16.8 Å². The number of benzene rings is 2. The van der Waals surface area contributed by atoms with Gasteiger partial charge in [-0.2, -0.15) is 39.5 Å². The normalized spacial score (nSPS) is 18.2. The van der Waals surface area contributed by atoms with E-state index < -0.39 is 57.0 Å². The maximum absolute atomic E-state index is 14.3. The summed E-state index contributed by atoms with van der Waals surface area (Å²) in [5.41, 5.74) is -9.26. The maximum atomic E-state index is 14.3. The van der Waals surface area contributed by atoms with Crippen molar-refractivity contribution in [2.24, 2.45) is 5.16 Å². The van der Waals surface area contributed by atoms with Crippen molar-refractivity contribution in [3.05, 3.63) is 63.7 Å². The molecule has 1 N–H and O–H groups in total. The van der Waals surface area contributed by atoms with E-state index in [2.05, 4.69) is 15.3 Å². The summed E-state index contributed by atoms with van der Waals surface area (Å²) in [6.07, 6.45) is -17.5. The standard InChI is InChI=1S/C25H22ClF9N2O2S2/c1-4-40-21(3,41-5-2)20(38)36-18-7-6-13(8-17(18)26)19-12-22(39-37-19,25(33,34)35)14-9-15(23(27,28)29)11-16(10-14)24(30,31)32/h6-11H,4-5,12H2,1-3H3,(H,36,38). The Balaban J connectivity index is 1.98. The van der Waals surface area contributed by atoms with Gasteiger partial charge < -0.3 is 10.2 Å². The van der Waals surface area contributed by atoms with E-state index in [1.165, 1.54) is 35.7 Å². The Kier molecular flexibility index (Phi) is 9.56. The van der Waals surface area contributed by atoms with E-state index in [0.717, 1.165) is 6.07 Å². The number of halogens is 10. The van der Waals surface area contributed by atoms with Crippen LogP contribution in [0.5, 0.6) is 0 Å². The Morgan fingerprint density at radius 1 is 0.951 bits per heavy atom. The second-order valence-corrected chi connectivity index (χ2v) is 12.9. The lowest BCUT2D eigenvalue weighted by Crippen LogP contribution is -2.43. The van der Waals surface area contributed by atoms with Gasteiger partial charge in [0.05, 0.1) is 27.5 Å². The summed E-state index contributed by atoms with van der Waals surface area (Å²) in [6.45, 7) is 5.48. The van der Waals surface area contributed by atoms with Gasteiger partial charge in [-0.05, 0) is 48.8 Å². The number of rotatable bonds is 8. The molecule has 0 radical (unpaired) electrons. The van der Waals surface area contributed by atoms with Crippen LogP contribution in [0.15, 0.2) is 41.6 Å². The molecule has 0 aromatic heterocycles. The molecule has 4 nitrogen and oxygen atoms in total. The smallest absolute Gasteiger partial charge is 0.374 e. The number of nitrogens with one attached hydrogen (secondary N) is 1. The van der Waals surface area contributed by atoms with Crippen molar-refractivity contribution in [1.82, 2.24) is 0 Å². The van der Waals surface area contributed by atoms with Crippen LogP contribution < -0.4 is 5.32 Å². The quantitative estimate of drug-likeness (QED) is 0.228. The van der Waals surface area contributed by atoms with Gasteiger partial charge in [0.2, 0.25) is 0 Å². The van der Waals surface area contributed by atoms with Crippen LogP contribution in [0.4, 0.5) is 45.2 Å². The fourth-order valence-corrected chi connectivity index (χ4v) is 6.74. The minimum atomic E-state index is -5.47. The Hall–Kier alpha value is -2.26. The Morgan fingerprint density at radius 3 is 1.93 bits per heavy atom. The van der Waals surface area contributed by atoms with Crippen LogP contribution in [0.2, 0.25) is 5.02 Å². The van der Waals surface area contributed by atoms with Crippen molar-refractivity contribution >= 4 is 52.4 Å². The highest BCUT2D eigenvalue weighted by Gasteiger charge is 2.63. The number of hydrogen-bond acceptors (Lipinski definition) is 5. The van der Waals surface area contributed by atoms with Gasteiger partial charge in [0.15, 0.2) is 0 Å². The first-order valence-electron chi connectivity index (χ1n) is 11.8. The minimum absolute atomic E-state index is 0.0353. The summed E-state index contributed by atoms with van der Waals surface area (Å²) < 4.78 is 122. The molecule has 0 bridgehead atoms. The first kappa shape index (κ1) is 33.2. The third-order valence-electron chi connectivity index (χ3n) is 6.04. The summed E-state index contributed by atoms with van der Waals surface area (Å²) in [5, 5.41) is 5.96. The highest BCUT2D eigenvalue weighted by Crippen LogP contribution is 2.51. The fraction of sp³-hybridized carbons (Fsp3) is 0.440. The van der Waals surface area contributed by atoms with Crippen molar-refractivity contribution in [1.29, 1.82) is 0 Å².